The Hall–Kier alpha value is -2.10. The van der Waals surface area contributed by atoms with Gasteiger partial charge in [0, 0.05) is 6.42 Å². The number of nitrogens with two attached hydrogens (primary N) is 1. The van der Waals surface area contributed by atoms with E-state index in [0.717, 1.165) is 0 Å². The van der Waals surface area contributed by atoms with Crippen LogP contribution in [-0.4, -0.2) is 22.5 Å². The Morgan fingerprint density at radius 1 is 1.62 bits per heavy atom. The quantitative estimate of drug-likeness (QED) is 0.891. The van der Waals surface area contributed by atoms with Gasteiger partial charge in [0.05, 0.1) is 17.1 Å². The van der Waals surface area contributed by atoms with E-state index in [0.29, 0.717) is 34.9 Å². The molecule has 1 aromatic carbocycles. The van der Waals surface area contributed by atoms with Gasteiger partial charge in [-0.3, -0.25) is 4.79 Å². The summed E-state index contributed by atoms with van der Waals surface area (Å²) < 4.78 is 5.52. The number of benzene rings is 1. The molecule has 108 valence electrons. The number of para-hydroxylation sites is 1. The van der Waals surface area contributed by atoms with Crippen molar-refractivity contribution in [2.24, 2.45) is 5.73 Å². The van der Waals surface area contributed by atoms with Crippen molar-refractivity contribution in [2.45, 2.75) is 30.8 Å². The number of oxazole rings is 1. The number of rotatable bonds is 4. The topological polar surface area (TPSA) is 105 Å². The zero-order valence-corrected chi connectivity index (χ0v) is 11.9. The largest absolute Gasteiger partial charge is 0.439 e. The van der Waals surface area contributed by atoms with E-state index in [1.54, 1.807) is 18.2 Å². The van der Waals surface area contributed by atoms with Crippen LogP contribution in [0, 0.1) is 11.3 Å². The number of carbonyl (C=O) groups excluding carboxylic acids is 1. The highest BCUT2D eigenvalue weighted by molar-refractivity contribution is 6.34. The van der Waals surface area contributed by atoms with Gasteiger partial charge in [0.1, 0.15) is 11.1 Å². The van der Waals surface area contributed by atoms with Crippen LogP contribution in [0.5, 0.6) is 0 Å². The number of amides is 1. The number of nitriles is 1. The standard InChI is InChI=1S/C14H13ClN4O2/c15-8-2-1-3-10-12(8)21-11(18-10)6-9(17)13(20)19-14(7-16)4-5-14/h1-3,9H,4-6,17H2,(H,19,20)/t9-/m0/s1. The maximum Gasteiger partial charge on any atom is 0.238 e. The van der Waals surface area contributed by atoms with Gasteiger partial charge in [-0.05, 0) is 25.0 Å². The minimum atomic E-state index is -0.817. The van der Waals surface area contributed by atoms with Gasteiger partial charge in [-0.25, -0.2) is 4.98 Å². The summed E-state index contributed by atoms with van der Waals surface area (Å²) in [5.74, 6) is -0.0232. The van der Waals surface area contributed by atoms with Gasteiger partial charge in [-0.15, -0.1) is 0 Å². The Balaban J connectivity index is 1.71. The van der Waals surface area contributed by atoms with Crippen LogP contribution in [0.2, 0.25) is 5.02 Å². The van der Waals surface area contributed by atoms with Crippen LogP contribution in [0.1, 0.15) is 18.7 Å². The molecule has 0 spiro atoms. The molecule has 0 unspecified atom stereocenters. The second-order valence-electron chi connectivity index (χ2n) is 5.19. The lowest BCUT2D eigenvalue weighted by molar-refractivity contribution is -0.123. The molecule has 1 atom stereocenters. The molecule has 1 aliphatic carbocycles. The van der Waals surface area contributed by atoms with Gasteiger partial charge in [-0.2, -0.15) is 5.26 Å². The highest BCUT2D eigenvalue weighted by Crippen LogP contribution is 2.34. The molecular weight excluding hydrogens is 292 g/mol. The number of aromatic nitrogens is 1. The van der Waals surface area contributed by atoms with E-state index in [-0.39, 0.29) is 12.3 Å². The average molecular weight is 305 g/mol. The molecule has 21 heavy (non-hydrogen) atoms. The summed E-state index contributed by atoms with van der Waals surface area (Å²) in [6, 6.07) is 6.52. The Morgan fingerprint density at radius 3 is 3.00 bits per heavy atom. The fourth-order valence-electron chi connectivity index (χ4n) is 2.05. The third-order valence-electron chi connectivity index (χ3n) is 3.47. The molecule has 0 bridgehead atoms. The molecule has 7 heteroatoms. The fourth-order valence-corrected chi connectivity index (χ4v) is 2.26. The maximum absolute atomic E-state index is 12.0. The molecule has 1 fully saturated rings. The van der Waals surface area contributed by atoms with E-state index in [4.69, 9.17) is 27.0 Å². The van der Waals surface area contributed by atoms with Crippen molar-refractivity contribution in [3.63, 3.8) is 0 Å². The first kappa shape index (κ1) is 13.9. The molecular formula is C14H13ClN4O2. The number of carbonyl (C=O) groups is 1. The SMILES string of the molecule is N#CC1(NC(=O)[C@@H](N)Cc2nc3cccc(Cl)c3o2)CC1. The summed E-state index contributed by atoms with van der Waals surface area (Å²) in [5.41, 5.74) is 6.23. The molecule has 6 nitrogen and oxygen atoms in total. The smallest absolute Gasteiger partial charge is 0.238 e. The Labute approximate surface area is 125 Å². The molecule has 0 aliphatic heterocycles. The average Bonchev–Trinajstić information content (AvgIpc) is 3.10. The minimum Gasteiger partial charge on any atom is -0.439 e. The third-order valence-corrected chi connectivity index (χ3v) is 3.77. The van der Waals surface area contributed by atoms with Gasteiger partial charge in [0.2, 0.25) is 5.91 Å². The Morgan fingerprint density at radius 2 is 2.38 bits per heavy atom. The summed E-state index contributed by atoms with van der Waals surface area (Å²) in [7, 11) is 0. The lowest BCUT2D eigenvalue weighted by Gasteiger charge is -2.13. The summed E-state index contributed by atoms with van der Waals surface area (Å²) in [4.78, 5) is 16.2. The molecule has 2 aromatic rings. The zero-order chi connectivity index (χ0) is 15.0. The van der Waals surface area contributed by atoms with E-state index in [9.17, 15) is 4.79 Å². The van der Waals surface area contributed by atoms with Gasteiger partial charge in [0.25, 0.3) is 0 Å². The van der Waals surface area contributed by atoms with Crippen molar-refractivity contribution in [1.29, 1.82) is 5.26 Å². The third kappa shape index (κ3) is 2.71. The van der Waals surface area contributed by atoms with Crippen molar-refractivity contribution in [3.05, 3.63) is 29.1 Å². The van der Waals surface area contributed by atoms with E-state index < -0.39 is 11.6 Å². The molecule has 1 aliphatic rings. The van der Waals surface area contributed by atoms with E-state index in [1.165, 1.54) is 0 Å². The summed E-state index contributed by atoms with van der Waals surface area (Å²) in [6.07, 6.45) is 1.49. The van der Waals surface area contributed by atoms with Crippen molar-refractivity contribution < 1.29 is 9.21 Å². The van der Waals surface area contributed by atoms with Crippen molar-refractivity contribution >= 4 is 28.6 Å². The second kappa shape index (κ2) is 5.02. The van der Waals surface area contributed by atoms with Crippen molar-refractivity contribution in [3.8, 4) is 6.07 Å². The fraction of sp³-hybridized carbons (Fsp3) is 0.357. The van der Waals surface area contributed by atoms with Crippen LogP contribution >= 0.6 is 11.6 Å². The maximum atomic E-state index is 12.0. The van der Waals surface area contributed by atoms with Crippen LogP contribution in [0.15, 0.2) is 22.6 Å². The first-order valence-electron chi connectivity index (χ1n) is 6.56. The number of fused-ring (bicyclic) bond motifs is 1. The predicted octanol–water partition coefficient (Wildman–Crippen LogP) is 1.52. The molecule has 3 rings (SSSR count). The highest BCUT2D eigenvalue weighted by Gasteiger charge is 2.45. The zero-order valence-electron chi connectivity index (χ0n) is 11.1. The summed E-state index contributed by atoms with van der Waals surface area (Å²) in [5, 5.41) is 12.1. The normalized spacial score (nSPS) is 17.2. The van der Waals surface area contributed by atoms with Crippen LogP contribution in [0.3, 0.4) is 0 Å². The minimum absolute atomic E-state index is 0.151. The molecule has 1 amide bonds. The lowest BCUT2D eigenvalue weighted by atomic mass is 10.2. The van der Waals surface area contributed by atoms with Crippen LogP contribution in [-0.2, 0) is 11.2 Å². The summed E-state index contributed by atoms with van der Waals surface area (Å²) in [6.45, 7) is 0. The molecule has 0 radical (unpaired) electrons. The monoisotopic (exact) mass is 304 g/mol. The molecule has 3 N–H and O–H groups in total. The molecule has 0 saturated heterocycles. The molecule has 1 saturated carbocycles. The van der Waals surface area contributed by atoms with E-state index >= 15 is 0 Å². The summed E-state index contributed by atoms with van der Waals surface area (Å²) >= 11 is 6.00. The molecule has 1 heterocycles. The van der Waals surface area contributed by atoms with Crippen LogP contribution < -0.4 is 11.1 Å². The predicted molar refractivity (Wildman–Crippen MR) is 76.4 cm³/mol. The number of nitrogens with one attached hydrogen (secondary N) is 1. The Kier molecular flexibility index (Phi) is 3.32. The van der Waals surface area contributed by atoms with Gasteiger partial charge >= 0.3 is 0 Å². The first-order valence-corrected chi connectivity index (χ1v) is 6.94. The highest BCUT2D eigenvalue weighted by atomic mass is 35.5. The van der Waals surface area contributed by atoms with Gasteiger partial charge in [-0.1, -0.05) is 17.7 Å². The second-order valence-corrected chi connectivity index (χ2v) is 5.60. The van der Waals surface area contributed by atoms with Gasteiger partial charge in [0.15, 0.2) is 11.5 Å². The van der Waals surface area contributed by atoms with E-state index in [2.05, 4.69) is 16.4 Å². The van der Waals surface area contributed by atoms with Crippen LogP contribution in [0.25, 0.3) is 11.1 Å². The Bertz CT molecular complexity index is 745. The van der Waals surface area contributed by atoms with E-state index in [1.807, 2.05) is 0 Å². The van der Waals surface area contributed by atoms with Crippen LogP contribution in [0.4, 0.5) is 0 Å². The molecule has 1 aromatic heterocycles. The number of halogens is 1. The first-order chi connectivity index (χ1) is 10.0. The lowest BCUT2D eigenvalue weighted by Crippen LogP contribution is -2.47. The van der Waals surface area contributed by atoms with Crippen molar-refractivity contribution in [2.75, 3.05) is 0 Å². The number of nitrogens with zero attached hydrogens (tertiary/aromatic N) is 2. The number of hydrogen-bond acceptors (Lipinski definition) is 5. The van der Waals surface area contributed by atoms with Crippen molar-refractivity contribution in [1.82, 2.24) is 10.3 Å². The van der Waals surface area contributed by atoms with Gasteiger partial charge < -0.3 is 15.5 Å². The number of hydrogen-bond donors (Lipinski definition) is 2.